The summed E-state index contributed by atoms with van der Waals surface area (Å²) in [6, 6.07) is 0. The molecule has 0 saturated heterocycles. The van der Waals surface area contributed by atoms with Gasteiger partial charge in [0, 0.05) is 0 Å². The van der Waals surface area contributed by atoms with Crippen molar-refractivity contribution in [3.05, 3.63) is 24.3 Å². The average Bonchev–Trinajstić information content (AvgIpc) is 2.63. The molecule has 0 spiro atoms. The SMILES string of the molecule is CCCCCC=CC(=O)[O-].CCCCCC=CC(=O)[O-].C[CH2][Al]([CH2]C)[CH2]C.[Ni+2]. The van der Waals surface area contributed by atoms with Crippen molar-refractivity contribution in [1.82, 2.24) is 0 Å². The van der Waals surface area contributed by atoms with Crippen LogP contribution in [0.3, 0.4) is 0 Å². The van der Waals surface area contributed by atoms with Crippen LogP contribution in [0.25, 0.3) is 0 Å². The molecule has 4 nitrogen and oxygen atoms in total. The standard InChI is InChI=1S/2C8H14O2.3C2H5.Al.Ni/c2*1-2-3-4-5-6-7-8(9)10;3*1-2;;/h2*6-7H,2-5H2,1H3,(H,9,10);3*1H2,2H3;;/q;;;;;;+2/p-2. The minimum atomic E-state index is -1.10. The Labute approximate surface area is 188 Å². The first kappa shape index (κ1) is 34.9. The zero-order valence-electron chi connectivity index (χ0n) is 18.6. The molecule has 166 valence electrons. The zero-order chi connectivity index (χ0) is 21.3. The molecule has 0 aliphatic heterocycles. The van der Waals surface area contributed by atoms with E-state index in [1.165, 1.54) is 28.7 Å². The Morgan fingerprint density at radius 3 is 1.18 bits per heavy atom. The number of hydrogen-bond acceptors (Lipinski definition) is 4. The van der Waals surface area contributed by atoms with Gasteiger partial charge >= 0.3 is 16.5 Å². The number of allylic oxidation sites excluding steroid dienone is 2. The summed E-state index contributed by atoms with van der Waals surface area (Å²) in [5.41, 5.74) is 0. The van der Waals surface area contributed by atoms with Crippen LogP contribution in [0.1, 0.15) is 86.0 Å². The van der Waals surface area contributed by atoms with E-state index in [0.717, 1.165) is 50.7 Å². The van der Waals surface area contributed by atoms with E-state index in [1.807, 2.05) is 0 Å². The van der Waals surface area contributed by atoms with Gasteiger partial charge in [-0.05, 0) is 37.8 Å². The fourth-order valence-electron chi connectivity index (χ4n) is 2.25. The van der Waals surface area contributed by atoms with Crippen LogP contribution in [0.4, 0.5) is 0 Å². The Kier molecular flexibility index (Phi) is 38.8. The molecule has 0 fully saturated rings. The van der Waals surface area contributed by atoms with Crippen LogP contribution in [0.15, 0.2) is 24.3 Å². The predicted molar refractivity (Wildman–Crippen MR) is 114 cm³/mol. The van der Waals surface area contributed by atoms with Crippen molar-refractivity contribution in [1.29, 1.82) is 0 Å². The summed E-state index contributed by atoms with van der Waals surface area (Å²) in [4.78, 5) is 19.7. The number of hydrogen-bond donors (Lipinski definition) is 0. The molecular weight excluding hydrogens is 414 g/mol. The van der Waals surface area contributed by atoms with E-state index in [4.69, 9.17) is 0 Å². The number of rotatable bonds is 13. The maximum atomic E-state index is 9.83. The Hall–Kier alpha value is -0.554. The van der Waals surface area contributed by atoms with Gasteiger partial charge in [-0.25, -0.2) is 0 Å². The number of carboxylic acids is 2. The molecule has 0 radical (unpaired) electrons. The molecular formula is C22H41AlNiO4. The molecule has 0 aromatic heterocycles. The first-order chi connectivity index (χ1) is 12.9. The Bertz CT molecular complexity index is 345. The minimum Gasteiger partial charge on any atom is -0.545 e. The van der Waals surface area contributed by atoms with E-state index in [2.05, 4.69) is 34.6 Å². The molecule has 0 atom stereocenters. The van der Waals surface area contributed by atoms with E-state index in [1.54, 1.807) is 12.2 Å². The van der Waals surface area contributed by atoms with Gasteiger partial charge < -0.3 is 19.8 Å². The van der Waals surface area contributed by atoms with Gasteiger partial charge in [0.15, 0.2) is 0 Å². The minimum absolute atomic E-state index is 0. The Balaban J connectivity index is -0.000000154. The summed E-state index contributed by atoms with van der Waals surface area (Å²) in [7, 11) is 0. The van der Waals surface area contributed by atoms with Crippen molar-refractivity contribution >= 4 is 26.1 Å². The van der Waals surface area contributed by atoms with Gasteiger partial charge in [0.05, 0.1) is 11.9 Å². The van der Waals surface area contributed by atoms with Crippen LogP contribution >= 0.6 is 0 Å². The van der Waals surface area contributed by atoms with Gasteiger partial charge in [-0.1, -0.05) is 88.3 Å². The second-order valence-corrected chi connectivity index (χ2v) is 10.7. The third kappa shape index (κ3) is 40.2. The number of carbonyl (C=O) groups excluding carboxylic acids is 2. The predicted octanol–water partition coefficient (Wildman–Crippen LogP) is 4.28. The monoisotopic (exact) mass is 454 g/mol. The van der Waals surface area contributed by atoms with Crippen molar-refractivity contribution in [2.24, 2.45) is 0 Å². The largest absolute Gasteiger partial charge is 2.00 e. The van der Waals surface area contributed by atoms with Gasteiger partial charge in [0.2, 0.25) is 0 Å². The Morgan fingerprint density at radius 1 is 0.679 bits per heavy atom. The van der Waals surface area contributed by atoms with Gasteiger partial charge in [0.1, 0.15) is 0 Å². The second kappa shape index (κ2) is 31.2. The van der Waals surface area contributed by atoms with E-state index in [-0.39, 0.29) is 30.6 Å². The molecule has 0 unspecified atom stereocenters. The van der Waals surface area contributed by atoms with E-state index in [0.29, 0.717) is 0 Å². The van der Waals surface area contributed by atoms with Gasteiger partial charge in [-0.15, -0.1) is 0 Å². The molecule has 0 amide bonds. The molecule has 0 aromatic carbocycles. The number of aliphatic carboxylic acids is 2. The summed E-state index contributed by atoms with van der Waals surface area (Å²) in [6.07, 6.45) is 14.0. The van der Waals surface area contributed by atoms with Crippen molar-refractivity contribution in [2.75, 3.05) is 0 Å². The fourth-order valence-corrected chi connectivity index (χ4v) is 3.98. The topological polar surface area (TPSA) is 80.3 Å². The summed E-state index contributed by atoms with van der Waals surface area (Å²) >= 11 is -0.171. The van der Waals surface area contributed by atoms with Crippen LogP contribution in [-0.2, 0) is 26.1 Å². The summed E-state index contributed by atoms with van der Waals surface area (Å²) in [5, 5.41) is 24.1. The van der Waals surface area contributed by atoms with Crippen molar-refractivity contribution in [3.63, 3.8) is 0 Å². The molecule has 0 heterocycles. The average molecular weight is 455 g/mol. The third-order valence-electron chi connectivity index (χ3n) is 4.19. The molecule has 28 heavy (non-hydrogen) atoms. The summed E-state index contributed by atoms with van der Waals surface area (Å²) in [5.74, 6) is -2.20. The summed E-state index contributed by atoms with van der Waals surface area (Å²) < 4.78 is 0. The van der Waals surface area contributed by atoms with Crippen LogP contribution in [0, 0.1) is 0 Å². The van der Waals surface area contributed by atoms with E-state index in [9.17, 15) is 19.8 Å². The number of carbonyl (C=O) groups is 2. The molecule has 0 saturated carbocycles. The van der Waals surface area contributed by atoms with Crippen molar-refractivity contribution in [2.45, 2.75) is 102 Å². The fraction of sp³-hybridized carbons (Fsp3) is 0.727. The van der Waals surface area contributed by atoms with Crippen LogP contribution in [0.5, 0.6) is 0 Å². The van der Waals surface area contributed by atoms with Gasteiger partial charge in [0.25, 0.3) is 14.1 Å². The maximum absolute atomic E-state index is 9.83. The molecule has 0 bridgehead atoms. The molecule has 6 heteroatoms. The molecule has 0 aliphatic rings. The smallest absolute Gasteiger partial charge is 0.545 e. The van der Waals surface area contributed by atoms with Crippen LogP contribution in [-0.4, -0.2) is 26.1 Å². The first-order valence-corrected chi connectivity index (χ1v) is 13.1. The Morgan fingerprint density at radius 2 is 1.00 bits per heavy atom. The maximum Gasteiger partial charge on any atom is 2.00 e. The number of carboxylic acid groups (broad SMARTS) is 2. The van der Waals surface area contributed by atoms with Crippen molar-refractivity contribution in [3.8, 4) is 0 Å². The molecule has 0 aromatic rings. The summed E-state index contributed by atoms with van der Waals surface area (Å²) in [6.45, 7) is 11.2. The van der Waals surface area contributed by atoms with Gasteiger partial charge in [-0.3, -0.25) is 0 Å². The van der Waals surface area contributed by atoms with Gasteiger partial charge in [-0.2, -0.15) is 0 Å². The first-order valence-electron chi connectivity index (χ1n) is 10.6. The van der Waals surface area contributed by atoms with E-state index < -0.39 is 11.9 Å². The zero-order valence-corrected chi connectivity index (χ0v) is 20.8. The van der Waals surface area contributed by atoms with Crippen LogP contribution in [0.2, 0.25) is 15.8 Å². The number of unbranched alkanes of at least 4 members (excludes halogenated alkanes) is 6. The van der Waals surface area contributed by atoms with E-state index >= 15 is 0 Å². The molecule has 0 N–H and O–H groups in total. The third-order valence-corrected chi connectivity index (χ3v) is 7.65. The molecule has 0 rings (SSSR count). The normalized spacial score (nSPS) is 9.75. The molecule has 0 aliphatic carbocycles. The van der Waals surface area contributed by atoms with Crippen LogP contribution < -0.4 is 10.2 Å². The van der Waals surface area contributed by atoms with Crippen molar-refractivity contribution < 1.29 is 36.3 Å². The quantitative estimate of drug-likeness (QED) is 0.236. The second-order valence-electron chi connectivity index (χ2n) is 6.53.